The second-order valence-electron chi connectivity index (χ2n) is 9.30. The van der Waals surface area contributed by atoms with Gasteiger partial charge in [-0.15, -0.1) is 0 Å². The summed E-state index contributed by atoms with van der Waals surface area (Å²) in [4.78, 5) is 54.8. The van der Waals surface area contributed by atoms with Crippen LogP contribution in [0.3, 0.4) is 0 Å². The Morgan fingerprint density at radius 2 is 0.774 bits per heavy atom. The Kier molecular flexibility index (Phi) is 45.4. The van der Waals surface area contributed by atoms with Crippen molar-refractivity contribution < 1.29 is 99.4 Å². The van der Waals surface area contributed by atoms with Gasteiger partial charge in [0.05, 0.1) is 63.7 Å². The minimum Gasteiger partial charge on any atom is -0.478 e. The second kappa shape index (κ2) is 39.9. The molecular formula is C32H51O20P. The maximum atomic E-state index is 10.4. The van der Waals surface area contributed by atoms with E-state index in [4.69, 9.17) is 70.9 Å². The van der Waals surface area contributed by atoms with Gasteiger partial charge in [-0.05, 0) is 5.56 Å². The molecule has 0 aliphatic heterocycles. The van der Waals surface area contributed by atoms with Crippen molar-refractivity contribution in [3.8, 4) is 0 Å². The van der Waals surface area contributed by atoms with Crippen molar-refractivity contribution >= 4 is 37.9 Å². The van der Waals surface area contributed by atoms with Crippen LogP contribution >= 0.6 is 8.03 Å². The fourth-order valence-corrected chi connectivity index (χ4v) is 2.31. The summed E-state index contributed by atoms with van der Waals surface area (Å²) in [5, 5.41) is 101. The molecule has 1 aromatic carbocycles. The zero-order valence-corrected chi connectivity index (χ0v) is 29.7. The van der Waals surface area contributed by atoms with Crippen molar-refractivity contribution in [1.82, 2.24) is 0 Å². The van der Waals surface area contributed by atoms with Crippen LogP contribution in [0.15, 0.2) is 93.6 Å². The van der Waals surface area contributed by atoms with Crippen molar-refractivity contribution in [3.05, 3.63) is 99.2 Å². The first kappa shape index (κ1) is 60.2. The average Bonchev–Trinajstić information content (AvgIpc) is 3.16. The van der Waals surface area contributed by atoms with Crippen molar-refractivity contribution in [2.75, 3.05) is 52.9 Å². The van der Waals surface area contributed by atoms with Crippen molar-refractivity contribution in [1.29, 1.82) is 0 Å². The van der Waals surface area contributed by atoms with Crippen LogP contribution in [-0.2, 0) is 33.3 Å². The molecule has 0 bridgehead atoms. The van der Waals surface area contributed by atoms with Crippen LogP contribution in [0.4, 0.5) is 0 Å². The average molecular weight is 787 g/mol. The number of rotatable bonds is 17. The number of carbonyl (C=O) groups is 5. The monoisotopic (exact) mass is 786 g/mol. The summed E-state index contributed by atoms with van der Waals surface area (Å²) in [5.41, 5.74) is -1.84. The smallest absolute Gasteiger partial charge is 0.327 e. The lowest BCUT2D eigenvalue weighted by Crippen LogP contribution is -2.43. The Morgan fingerprint density at radius 3 is 0.925 bits per heavy atom. The molecule has 0 fully saturated rings. The van der Waals surface area contributed by atoms with Gasteiger partial charge >= 0.3 is 29.8 Å². The summed E-state index contributed by atoms with van der Waals surface area (Å²) in [7, 11) is -2.86. The van der Waals surface area contributed by atoms with E-state index in [-0.39, 0.29) is 13.2 Å². The molecule has 1 aromatic rings. The van der Waals surface area contributed by atoms with E-state index < -0.39 is 94.2 Å². The van der Waals surface area contributed by atoms with Crippen molar-refractivity contribution in [3.63, 3.8) is 0 Å². The molecule has 0 saturated carbocycles. The molecule has 0 aromatic heterocycles. The molecule has 0 amide bonds. The normalized spacial score (nSPS) is 10.5. The topological polar surface area (TPSA) is 375 Å². The van der Waals surface area contributed by atoms with Crippen LogP contribution in [0, 0.1) is 10.8 Å². The highest BCUT2D eigenvalue weighted by Gasteiger charge is 2.32. The van der Waals surface area contributed by atoms with Gasteiger partial charge in [0.15, 0.2) is 5.85 Å². The Balaban J connectivity index is -0.000000132. The lowest BCUT2D eigenvalue weighted by molar-refractivity contribution is -0.132. The summed E-state index contributed by atoms with van der Waals surface area (Å²) in [6.45, 7) is 11.8. The molecule has 53 heavy (non-hydrogen) atoms. The molecule has 0 saturated heterocycles. The maximum absolute atomic E-state index is 10.4. The lowest BCUT2D eigenvalue weighted by atomic mass is 9.91. The predicted octanol–water partition coefficient (Wildman–Crippen LogP) is -0.641. The van der Waals surface area contributed by atoms with Crippen LogP contribution in [-0.4, -0.2) is 149 Å². The summed E-state index contributed by atoms with van der Waals surface area (Å²) in [6, 6.07) is 8.43. The third kappa shape index (κ3) is 43.2. The minimum absolute atomic E-state index is 0.141. The van der Waals surface area contributed by atoms with Crippen LogP contribution in [0.5, 0.6) is 0 Å². The molecule has 0 aliphatic carbocycles. The number of aliphatic hydroxyl groups excluding tert-OH is 7. The van der Waals surface area contributed by atoms with Gasteiger partial charge in [0.25, 0.3) is 0 Å². The van der Waals surface area contributed by atoms with Crippen LogP contribution in [0.2, 0.25) is 0 Å². The summed E-state index contributed by atoms with van der Waals surface area (Å²) >= 11 is 0. The fourth-order valence-electron chi connectivity index (χ4n) is 1.84. The van der Waals surface area contributed by atoms with Crippen LogP contribution < -0.4 is 0 Å². The fraction of sp³-hybridized carbons (Fsp3) is 0.344. The highest BCUT2D eigenvalue weighted by Crippen LogP contribution is 2.34. The van der Waals surface area contributed by atoms with Gasteiger partial charge in [0, 0.05) is 30.4 Å². The predicted molar refractivity (Wildman–Crippen MR) is 190 cm³/mol. The van der Waals surface area contributed by atoms with Gasteiger partial charge in [-0.3, -0.25) is 4.57 Å². The number of aliphatic carboxylic acids is 5. The van der Waals surface area contributed by atoms with E-state index in [9.17, 15) is 28.5 Å². The molecule has 0 aliphatic rings. The number of ether oxygens (including phenoxy) is 1. The quantitative estimate of drug-likeness (QED) is 0.0689. The molecule has 0 radical (unpaired) electrons. The molecule has 2 unspecified atom stereocenters. The molecule has 304 valence electrons. The highest BCUT2D eigenvalue weighted by molar-refractivity contribution is 7.38. The van der Waals surface area contributed by atoms with E-state index in [1.54, 1.807) is 30.3 Å². The van der Waals surface area contributed by atoms with Gasteiger partial charge in [-0.25, -0.2) is 24.0 Å². The van der Waals surface area contributed by atoms with E-state index in [0.29, 0.717) is 5.56 Å². The first-order valence-electron chi connectivity index (χ1n) is 14.1. The number of benzene rings is 1. The Morgan fingerprint density at radius 1 is 0.566 bits per heavy atom. The molecule has 0 spiro atoms. The van der Waals surface area contributed by atoms with Crippen molar-refractivity contribution in [2.45, 2.75) is 5.85 Å². The number of hydrogen-bond acceptors (Lipinski definition) is 14. The molecule has 0 heterocycles. The number of carboxylic acid groups (broad SMARTS) is 5. The van der Waals surface area contributed by atoms with Crippen LogP contribution in [0.1, 0.15) is 11.4 Å². The van der Waals surface area contributed by atoms with Gasteiger partial charge in [0.1, 0.15) is 0 Å². The maximum Gasteiger partial charge on any atom is 0.327 e. The van der Waals surface area contributed by atoms with E-state index in [2.05, 4.69) is 32.9 Å². The first-order valence-corrected chi connectivity index (χ1v) is 15.5. The van der Waals surface area contributed by atoms with E-state index >= 15 is 0 Å². The number of carboxylic acids is 5. The molecule has 2 atom stereocenters. The van der Waals surface area contributed by atoms with Crippen LogP contribution in [0.25, 0.3) is 0 Å². The van der Waals surface area contributed by atoms with E-state index in [1.807, 2.05) is 0 Å². The third-order valence-electron chi connectivity index (χ3n) is 5.05. The van der Waals surface area contributed by atoms with E-state index in [1.165, 1.54) is 0 Å². The second-order valence-corrected chi connectivity index (χ2v) is 10.5. The molecular weight excluding hydrogens is 735 g/mol. The SMILES string of the molecule is C=CC(=O)O.C=CC(=O)O.C=CC(=O)O.C=CC(=O)O.C=CC(=O)O.O=[PH](O)C(O)c1ccccc1.OCC(CO)(CO)COCC(CO)(CO)CO. The van der Waals surface area contributed by atoms with Gasteiger partial charge in [-0.1, -0.05) is 63.2 Å². The molecule has 20 nitrogen and oxygen atoms in total. The zero-order valence-electron chi connectivity index (χ0n) is 28.7. The van der Waals surface area contributed by atoms with Gasteiger partial charge < -0.3 is 70.9 Å². The summed E-state index contributed by atoms with van der Waals surface area (Å²) < 4.78 is 15.6. The molecule has 21 heteroatoms. The van der Waals surface area contributed by atoms with Gasteiger partial charge in [0.2, 0.25) is 8.03 Å². The third-order valence-corrected chi connectivity index (χ3v) is 5.85. The Bertz CT molecular complexity index is 1070. The standard InChI is InChI=1S/C10H22O7.C7H9O3P.5C3H4O2/c11-1-9(2-12,3-13)7-17-8-10(4-14,5-15)6-16;8-7(11(9)10)6-4-2-1-3-5-6;5*1-2-3(4)5/h11-16H,1-8H2;1-5,7-8,11H,(H,9,10);5*2H,1H2,(H,4,5). The Hall–Kier alpha value is -4.86. The zero-order chi connectivity index (χ0) is 43.1. The summed E-state index contributed by atoms with van der Waals surface area (Å²) in [6.07, 6.45) is 4.17. The highest BCUT2D eigenvalue weighted by atomic mass is 31.1. The summed E-state index contributed by atoms with van der Waals surface area (Å²) in [5.74, 6) is -6.13. The van der Waals surface area contributed by atoms with Gasteiger partial charge in [-0.2, -0.15) is 0 Å². The molecule has 13 N–H and O–H groups in total. The molecule has 1 rings (SSSR count). The number of hydrogen-bond donors (Lipinski definition) is 13. The number of aliphatic hydroxyl groups is 7. The largest absolute Gasteiger partial charge is 0.478 e. The minimum atomic E-state index is -2.86. The van der Waals surface area contributed by atoms with E-state index in [0.717, 1.165) is 30.4 Å². The first-order chi connectivity index (χ1) is 24.6. The van der Waals surface area contributed by atoms with Crippen molar-refractivity contribution in [2.24, 2.45) is 10.8 Å². The lowest BCUT2D eigenvalue weighted by Gasteiger charge is -2.31. The Labute approximate surface area is 306 Å².